The van der Waals surface area contributed by atoms with Crippen molar-refractivity contribution in [3.05, 3.63) is 57.8 Å². The highest BCUT2D eigenvalue weighted by atomic mass is 16.2. The topological polar surface area (TPSA) is 64.0 Å². The van der Waals surface area contributed by atoms with Crippen LogP contribution in [0.3, 0.4) is 0 Å². The van der Waals surface area contributed by atoms with E-state index in [1.54, 1.807) is 0 Å². The summed E-state index contributed by atoms with van der Waals surface area (Å²) in [5.41, 5.74) is 3.42. The molecule has 1 amide bonds. The number of rotatable bonds is 4. The summed E-state index contributed by atoms with van der Waals surface area (Å²) in [6.07, 6.45) is 2.12. The summed E-state index contributed by atoms with van der Waals surface area (Å²) in [6, 6.07) is 7.29. The number of carbonyl (C=O) groups excluding carboxylic acids is 1. The van der Waals surface area contributed by atoms with E-state index in [1.807, 2.05) is 39.0 Å². The molecule has 5 nitrogen and oxygen atoms in total. The third-order valence-electron chi connectivity index (χ3n) is 3.12. The minimum Gasteiger partial charge on any atom is -0.325 e. The van der Waals surface area contributed by atoms with Gasteiger partial charge in [0.25, 0.3) is 5.56 Å². The first-order valence-electron chi connectivity index (χ1n) is 6.91. The molecule has 0 saturated heterocycles. The summed E-state index contributed by atoms with van der Waals surface area (Å²) in [6.45, 7) is 5.84. The Balaban J connectivity index is 2.10. The zero-order valence-electron chi connectivity index (χ0n) is 12.5. The standard InChI is InChI=1S/C16H19N3O2/c1-4-13-8-16(21)19(10-17-13)9-15(20)18-14-6-11(2)5-12(3)7-14/h5-8,10H,4,9H2,1-3H3,(H,18,20). The molecule has 0 aliphatic rings. The quantitative estimate of drug-likeness (QED) is 0.935. The molecular weight excluding hydrogens is 266 g/mol. The fraction of sp³-hybridized carbons (Fsp3) is 0.312. The van der Waals surface area contributed by atoms with Crippen molar-refractivity contribution in [2.75, 3.05) is 5.32 Å². The van der Waals surface area contributed by atoms with E-state index in [-0.39, 0.29) is 18.0 Å². The highest BCUT2D eigenvalue weighted by molar-refractivity contribution is 5.90. The lowest BCUT2D eigenvalue weighted by Gasteiger charge is -2.09. The summed E-state index contributed by atoms with van der Waals surface area (Å²) in [5, 5.41) is 2.80. The van der Waals surface area contributed by atoms with Crippen LogP contribution >= 0.6 is 0 Å². The molecule has 1 aromatic heterocycles. The predicted molar refractivity (Wildman–Crippen MR) is 82.4 cm³/mol. The zero-order valence-corrected chi connectivity index (χ0v) is 12.5. The number of nitrogens with zero attached hydrogens (tertiary/aromatic N) is 2. The fourth-order valence-electron chi connectivity index (χ4n) is 2.18. The molecule has 110 valence electrons. The van der Waals surface area contributed by atoms with Crippen molar-refractivity contribution < 1.29 is 4.79 Å². The fourth-order valence-corrected chi connectivity index (χ4v) is 2.18. The molecule has 0 saturated carbocycles. The van der Waals surface area contributed by atoms with Gasteiger partial charge in [0.1, 0.15) is 6.54 Å². The van der Waals surface area contributed by atoms with Crippen molar-refractivity contribution in [1.29, 1.82) is 0 Å². The molecule has 2 rings (SSSR count). The molecule has 0 aliphatic carbocycles. The van der Waals surface area contributed by atoms with Crippen molar-refractivity contribution in [3.8, 4) is 0 Å². The van der Waals surface area contributed by atoms with Gasteiger partial charge in [0, 0.05) is 17.4 Å². The van der Waals surface area contributed by atoms with Gasteiger partial charge >= 0.3 is 0 Å². The molecule has 1 heterocycles. The lowest BCUT2D eigenvalue weighted by atomic mass is 10.1. The van der Waals surface area contributed by atoms with Gasteiger partial charge in [-0.15, -0.1) is 0 Å². The number of carbonyl (C=O) groups is 1. The van der Waals surface area contributed by atoms with Crippen molar-refractivity contribution >= 4 is 11.6 Å². The third kappa shape index (κ3) is 4.02. The minimum absolute atomic E-state index is 0.0389. The number of hydrogen-bond donors (Lipinski definition) is 1. The normalized spacial score (nSPS) is 10.4. The number of aryl methyl sites for hydroxylation is 3. The SMILES string of the molecule is CCc1cc(=O)n(CC(=O)Nc2cc(C)cc(C)c2)cn1. The molecular formula is C16H19N3O2. The van der Waals surface area contributed by atoms with E-state index in [0.29, 0.717) is 6.42 Å². The first-order chi connectivity index (χ1) is 9.97. The van der Waals surface area contributed by atoms with E-state index in [4.69, 9.17) is 0 Å². The molecule has 0 bridgehead atoms. The van der Waals surface area contributed by atoms with E-state index in [1.165, 1.54) is 17.0 Å². The van der Waals surface area contributed by atoms with Gasteiger partial charge in [-0.05, 0) is 43.5 Å². The van der Waals surface area contributed by atoms with Crippen molar-refractivity contribution in [2.24, 2.45) is 0 Å². The summed E-state index contributed by atoms with van der Waals surface area (Å²) < 4.78 is 1.30. The van der Waals surface area contributed by atoms with Crippen LogP contribution in [0.2, 0.25) is 0 Å². The lowest BCUT2D eigenvalue weighted by molar-refractivity contribution is -0.116. The van der Waals surface area contributed by atoms with Gasteiger partial charge in [-0.3, -0.25) is 14.2 Å². The molecule has 2 aromatic rings. The Hall–Kier alpha value is -2.43. The maximum atomic E-state index is 12.0. The van der Waals surface area contributed by atoms with Crippen molar-refractivity contribution in [1.82, 2.24) is 9.55 Å². The number of aromatic nitrogens is 2. The molecule has 0 aliphatic heterocycles. The second kappa shape index (κ2) is 6.35. The average molecular weight is 285 g/mol. The number of hydrogen-bond acceptors (Lipinski definition) is 3. The van der Waals surface area contributed by atoms with E-state index in [0.717, 1.165) is 22.5 Å². The summed E-state index contributed by atoms with van der Waals surface area (Å²) in [4.78, 5) is 28.0. The molecule has 0 radical (unpaired) electrons. The maximum Gasteiger partial charge on any atom is 0.253 e. The van der Waals surface area contributed by atoms with Crippen LogP contribution in [0.4, 0.5) is 5.69 Å². The van der Waals surface area contributed by atoms with Gasteiger partial charge < -0.3 is 5.32 Å². The molecule has 0 spiro atoms. The Morgan fingerprint density at radius 3 is 2.43 bits per heavy atom. The predicted octanol–water partition coefficient (Wildman–Crippen LogP) is 2.06. The smallest absolute Gasteiger partial charge is 0.253 e. The van der Waals surface area contributed by atoms with E-state index < -0.39 is 0 Å². The number of anilines is 1. The second-order valence-electron chi connectivity index (χ2n) is 5.12. The van der Waals surface area contributed by atoms with E-state index >= 15 is 0 Å². The monoisotopic (exact) mass is 285 g/mol. The Labute approximate surface area is 123 Å². The van der Waals surface area contributed by atoms with E-state index in [2.05, 4.69) is 10.3 Å². The molecule has 21 heavy (non-hydrogen) atoms. The Morgan fingerprint density at radius 1 is 1.19 bits per heavy atom. The van der Waals surface area contributed by atoms with Crippen LogP contribution < -0.4 is 10.9 Å². The number of nitrogens with one attached hydrogen (secondary N) is 1. The van der Waals surface area contributed by atoms with Gasteiger partial charge in [0.15, 0.2) is 0 Å². The molecule has 1 aromatic carbocycles. The van der Waals surface area contributed by atoms with Crippen LogP contribution in [0.15, 0.2) is 35.4 Å². The number of amides is 1. The Bertz CT molecular complexity index is 699. The molecule has 5 heteroatoms. The van der Waals surface area contributed by atoms with Gasteiger partial charge in [-0.25, -0.2) is 4.98 Å². The highest BCUT2D eigenvalue weighted by Crippen LogP contribution is 2.13. The summed E-state index contributed by atoms with van der Waals surface area (Å²) >= 11 is 0. The Morgan fingerprint density at radius 2 is 1.86 bits per heavy atom. The molecule has 0 unspecified atom stereocenters. The largest absolute Gasteiger partial charge is 0.325 e. The van der Waals surface area contributed by atoms with Gasteiger partial charge in [-0.1, -0.05) is 13.0 Å². The van der Waals surface area contributed by atoms with Crippen LogP contribution in [-0.2, 0) is 17.8 Å². The first kappa shape index (κ1) is 15.0. The lowest BCUT2D eigenvalue weighted by Crippen LogP contribution is -2.27. The minimum atomic E-state index is -0.242. The summed E-state index contributed by atoms with van der Waals surface area (Å²) in [7, 11) is 0. The molecule has 0 fully saturated rings. The van der Waals surface area contributed by atoms with Crippen molar-refractivity contribution in [2.45, 2.75) is 33.7 Å². The van der Waals surface area contributed by atoms with Crippen LogP contribution in [-0.4, -0.2) is 15.5 Å². The third-order valence-corrected chi connectivity index (χ3v) is 3.12. The van der Waals surface area contributed by atoms with Gasteiger partial charge in [-0.2, -0.15) is 0 Å². The second-order valence-corrected chi connectivity index (χ2v) is 5.12. The van der Waals surface area contributed by atoms with Crippen LogP contribution in [0.1, 0.15) is 23.7 Å². The maximum absolute atomic E-state index is 12.0. The number of benzene rings is 1. The summed E-state index contributed by atoms with van der Waals surface area (Å²) in [5.74, 6) is -0.242. The highest BCUT2D eigenvalue weighted by Gasteiger charge is 2.06. The van der Waals surface area contributed by atoms with Crippen LogP contribution in [0.5, 0.6) is 0 Å². The van der Waals surface area contributed by atoms with Crippen molar-refractivity contribution in [3.63, 3.8) is 0 Å². The van der Waals surface area contributed by atoms with Crippen LogP contribution in [0, 0.1) is 13.8 Å². The zero-order chi connectivity index (χ0) is 15.4. The van der Waals surface area contributed by atoms with Crippen LogP contribution in [0.25, 0.3) is 0 Å². The molecule has 1 N–H and O–H groups in total. The van der Waals surface area contributed by atoms with E-state index in [9.17, 15) is 9.59 Å². The average Bonchev–Trinajstić information content (AvgIpc) is 2.39. The molecule has 0 atom stereocenters. The van der Waals surface area contributed by atoms with Gasteiger partial charge in [0.2, 0.25) is 5.91 Å². The first-order valence-corrected chi connectivity index (χ1v) is 6.91. The Kier molecular flexibility index (Phi) is 4.52. The van der Waals surface area contributed by atoms with Gasteiger partial charge in [0.05, 0.1) is 6.33 Å².